The maximum atomic E-state index is 13.2. The molecule has 1 aromatic heterocycles. The Morgan fingerprint density at radius 2 is 1.67 bits per heavy atom. The van der Waals surface area contributed by atoms with Gasteiger partial charge in [0.25, 0.3) is 10.0 Å². The average Bonchev–Trinajstić information content (AvgIpc) is 2.47. The van der Waals surface area contributed by atoms with E-state index >= 15 is 0 Å². The molecule has 0 aliphatic heterocycles. The van der Waals surface area contributed by atoms with Gasteiger partial charge in [-0.3, -0.25) is 4.72 Å². The van der Waals surface area contributed by atoms with E-state index < -0.39 is 15.8 Å². The smallest absolute Gasteiger partial charge is 0.263 e. The van der Waals surface area contributed by atoms with Gasteiger partial charge in [-0.25, -0.2) is 17.8 Å². The number of anilines is 1. The summed E-state index contributed by atoms with van der Waals surface area (Å²) in [6, 6.07) is 15.4. The Morgan fingerprint density at radius 3 is 2.43 bits per heavy atom. The van der Waals surface area contributed by atoms with E-state index in [9.17, 15) is 12.8 Å². The van der Waals surface area contributed by atoms with E-state index in [4.69, 9.17) is 0 Å². The van der Waals surface area contributed by atoms with Crippen LogP contribution in [0.25, 0.3) is 10.9 Å². The lowest BCUT2D eigenvalue weighted by molar-refractivity contribution is 0.601. The Balaban J connectivity index is 1.98. The molecule has 0 aliphatic carbocycles. The number of nitrogens with one attached hydrogen (secondary N) is 1. The van der Waals surface area contributed by atoms with Crippen molar-refractivity contribution >= 4 is 26.7 Å². The van der Waals surface area contributed by atoms with Crippen LogP contribution in [0.15, 0.2) is 65.6 Å². The number of halogens is 1. The number of sulfonamides is 1. The first-order valence-corrected chi connectivity index (χ1v) is 7.67. The van der Waals surface area contributed by atoms with Crippen molar-refractivity contribution in [2.45, 2.75) is 4.90 Å². The van der Waals surface area contributed by atoms with Gasteiger partial charge < -0.3 is 0 Å². The first-order chi connectivity index (χ1) is 10.0. The predicted molar refractivity (Wildman–Crippen MR) is 79.0 cm³/mol. The molecule has 2 aromatic carbocycles. The summed E-state index contributed by atoms with van der Waals surface area (Å²) < 4.78 is 39.9. The van der Waals surface area contributed by atoms with Crippen LogP contribution in [0.4, 0.5) is 10.2 Å². The van der Waals surface area contributed by atoms with Gasteiger partial charge in [0.1, 0.15) is 11.6 Å². The predicted octanol–water partition coefficient (Wildman–Crippen LogP) is 3.17. The summed E-state index contributed by atoms with van der Waals surface area (Å²) in [5.41, 5.74) is 0.392. The van der Waals surface area contributed by atoms with Crippen molar-refractivity contribution in [1.29, 1.82) is 0 Å². The van der Waals surface area contributed by atoms with Gasteiger partial charge in [0.15, 0.2) is 0 Å². The van der Waals surface area contributed by atoms with Crippen molar-refractivity contribution in [1.82, 2.24) is 4.98 Å². The minimum atomic E-state index is -3.70. The molecular weight excluding hydrogens is 291 g/mol. The Labute approximate surface area is 121 Å². The summed E-state index contributed by atoms with van der Waals surface area (Å²) in [7, 11) is -3.70. The van der Waals surface area contributed by atoms with Gasteiger partial charge in [0.2, 0.25) is 0 Å². The van der Waals surface area contributed by atoms with Crippen molar-refractivity contribution in [3.05, 3.63) is 66.5 Å². The largest absolute Gasteiger partial charge is 0.263 e. The molecule has 3 rings (SSSR count). The van der Waals surface area contributed by atoms with E-state index in [-0.39, 0.29) is 10.7 Å². The summed E-state index contributed by atoms with van der Waals surface area (Å²) in [5.74, 6) is -0.269. The van der Waals surface area contributed by atoms with Crippen LogP contribution in [-0.2, 0) is 10.0 Å². The Kier molecular flexibility index (Phi) is 3.31. The maximum absolute atomic E-state index is 13.2. The monoisotopic (exact) mass is 302 g/mol. The topological polar surface area (TPSA) is 59.1 Å². The normalized spacial score (nSPS) is 11.5. The Bertz CT molecular complexity index is 896. The first kappa shape index (κ1) is 13.5. The Morgan fingerprint density at radius 1 is 0.952 bits per heavy atom. The fraction of sp³-hybridized carbons (Fsp3) is 0. The number of pyridine rings is 1. The van der Waals surface area contributed by atoms with Crippen molar-refractivity contribution in [3.8, 4) is 0 Å². The minimum Gasteiger partial charge on any atom is -0.263 e. The van der Waals surface area contributed by atoms with Crippen LogP contribution in [0.1, 0.15) is 0 Å². The third-order valence-corrected chi connectivity index (χ3v) is 4.32. The van der Waals surface area contributed by atoms with Crippen LogP contribution in [0, 0.1) is 5.82 Å². The summed E-state index contributed by atoms with van der Waals surface area (Å²) >= 11 is 0. The molecule has 4 nitrogen and oxygen atoms in total. The lowest BCUT2D eigenvalue weighted by Crippen LogP contribution is -2.13. The highest BCUT2D eigenvalue weighted by Crippen LogP contribution is 2.19. The fourth-order valence-electron chi connectivity index (χ4n) is 1.94. The highest BCUT2D eigenvalue weighted by atomic mass is 32.2. The summed E-state index contributed by atoms with van der Waals surface area (Å²) in [4.78, 5) is 4.26. The summed E-state index contributed by atoms with van der Waals surface area (Å²) in [6.07, 6.45) is 0. The van der Waals surface area contributed by atoms with E-state index in [0.717, 1.165) is 5.39 Å². The van der Waals surface area contributed by atoms with Crippen LogP contribution >= 0.6 is 0 Å². The van der Waals surface area contributed by atoms with E-state index in [1.54, 1.807) is 36.4 Å². The second kappa shape index (κ2) is 5.14. The first-order valence-electron chi connectivity index (χ1n) is 6.19. The summed E-state index contributed by atoms with van der Waals surface area (Å²) in [5, 5.41) is 0.735. The number of benzene rings is 2. The number of hydrogen-bond acceptors (Lipinski definition) is 3. The molecule has 0 atom stereocenters. The molecule has 106 valence electrons. The maximum Gasteiger partial charge on any atom is 0.263 e. The molecule has 0 unspecified atom stereocenters. The highest BCUT2D eigenvalue weighted by Gasteiger charge is 2.14. The van der Waals surface area contributed by atoms with E-state index in [1.807, 2.05) is 0 Å². The molecule has 0 fully saturated rings. The molecule has 0 bridgehead atoms. The van der Waals surface area contributed by atoms with E-state index in [0.29, 0.717) is 5.52 Å². The Hall–Kier alpha value is -2.47. The van der Waals surface area contributed by atoms with Crippen LogP contribution in [0.5, 0.6) is 0 Å². The molecule has 0 amide bonds. The van der Waals surface area contributed by atoms with E-state index in [1.165, 1.54) is 24.3 Å². The molecule has 0 spiro atoms. The van der Waals surface area contributed by atoms with Crippen molar-refractivity contribution in [3.63, 3.8) is 0 Å². The van der Waals surface area contributed by atoms with Gasteiger partial charge >= 0.3 is 0 Å². The number of hydrogen-bond donors (Lipinski definition) is 1. The fourth-order valence-corrected chi connectivity index (χ4v) is 2.97. The van der Waals surface area contributed by atoms with Crippen LogP contribution in [-0.4, -0.2) is 13.4 Å². The third kappa shape index (κ3) is 2.85. The molecule has 6 heteroatoms. The van der Waals surface area contributed by atoms with Crippen molar-refractivity contribution in [2.24, 2.45) is 0 Å². The van der Waals surface area contributed by atoms with Gasteiger partial charge in [0, 0.05) is 11.5 Å². The second-order valence-electron chi connectivity index (χ2n) is 4.45. The van der Waals surface area contributed by atoms with Gasteiger partial charge in [-0.2, -0.15) is 0 Å². The molecular formula is C15H11FN2O2S. The van der Waals surface area contributed by atoms with Crippen LogP contribution in [0.3, 0.4) is 0 Å². The number of fused-ring (bicyclic) bond motifs is 1. The third-order valence-electron chi connectivity index (χ3n) is 2.95. The minimum absolute atomic E-state index is 0.145. The lowest BCUT2D eigenvalue weighted by atomic mass is 10.2. The molecule has 1 N–H and O–H groups in total. The molecule has 0 saturated heterocycles. The van der Waals surface area contributed by atoms with Crippen LogP contribution < -0.4 is 4.72 Å². The van der Waals surface area contributed by atoms with Gasteiger partial charge in [0.05, 0.1) is 10.4 Å². The highest BCUT2D eigenvalue weighted by molar-refractivity contribution is 7.92. The summed E-state index contributed by atoms with van der Waals surface area (Å²) in [6.45, 7) is 0. The molecule has 0 aliphatic rings. The zero-order chi connectivity index (χ0) is 14.9. The van der Waals surface area contributed by atoms with E-state index in [2.05, 4.69) is 9.71 Å². The second-order valence-corrected chi connectivity index (χ2v) is 6.13. The zero-order valence-electron chi connectivity index (χ0n) is 10.8. The van der Waals surface area contributed by atoms with Crippen molar-refractivity contribution in [2.75, 3.05) is 4.72 Å². The van der Waals surface area contributed by atoms with Gasteiger partial charge in [-0.15, -0.1) is 0 Å². The molecule has 0 saturated carbocycles. The van der Waals surface area contributed by atoms with Crippen LogP contribution in [0.2, 0.25) is 0 Å². The molecule has 0 radical (unpaired) electrons. The standard InChI is InChI=1S/C15H11FN2O2S/c16-12-8-6-11-7-9-15(17-14(11)10-12)18-21(19,20)13-4-2-1-3-5-13/h1-10H,(H,17,18). The quantitative estimate of drug-likeness (QED) is 0.808. The molecule has 3 aromatic rings. The number of rotatable bonds is 3. The molecule has 1 heterocycles. The number of aromatic nitrogens is 1. The number of nitrogens with zero attached hydrogens (tertiary/aromatic N) is 1. The van der Waals surface area contributed by atoms with Crippen molar-refractivity contribution < 1.29 is 12.8 Å². The van der Waals surface area contributed by atoms with Gasteiger partial charge in [-0.1, -0.05) is 18.2 Å². The lowest BCUT2D eigenvalue weighted by Gasteiger charge is -2.08. The SMILES string of the molecule is O=S(=O)(Nc1ccc2ccc(F)cc2n1)c1ccccc1. The van der Waals surface area contributed by atoms with Gasteiger partial charge in [-0.05, 0) is 36.4 Å². The molecule has 21 heavy (non-hydrogen) atoms. The zero-order valence-corrected chi connectivity index (χ0v) is 11.6. The average molecular weight is 302 g/mol.